The van der Waals surface area contributed by atoms with Gasteiger partial charge in [-0.05, 0) is 47.4 Å². The number of aryl methyl sites for hydroxylation is 1. The molecule has 7 nitrogen and oxygen atoms in total. The smallest absolute Gasteiger partial charge is 0.251 e. The van der Waals surface area contributed by atoms with Gasteiger partial charge >= 0.3 is 0 Å². The molecule has 3 aromatic rings. The lowest BCUT2D eigenvalue weighted by molar-refractivity contribution is -0.120. The molecule has 31 heavy (non-hydrogen) atoms. The van der Waals surface area contributed by atoms with Crippen molar-refractivity contribution in [1.82, 2.24) is 25.5 Å². The SMILES string of the molecule is Cc1ccc(C2C=C(c3ccccc3)N(CC(=O)NC3CCCC3)c3nnnn32)cc1. The summed E-state index contributed by atoms with van der Waals surface area (Å²) in [6.45, 7) is 2.25. The summed E-state index contributed by atoms with van der Waals surface area (Å²) in [5, 5.41) is 15.7. The summed E-state index contributed by atoms with van der Waals surface area (Å²) in [5.41, 5.74) is 4.27. The first kappa shape index (κ1) is 19.5. The Hall–Kier alpha value is -3.48. The number of nitrogens with zero attached hydrogens (tertiary/aromatic N) is 5. The van der Waals surface area contributed by atoms with E-state index in [1.165, 1.54) is 18.4 Å². The molecule has 1 N–H and O–H groups in total. The fourth-order valence-electron chi connectivity index (χ4n) is 4.47. The molecule has 2 heterocycles. The summed E-state index contributed by atoms with van der Waals surface area (Å²) in [7, 11) is 0. The lowest BCUT2D eigenvalue weighted by Gasteiger charge is -2.32. The topological polar surface area (TPSA) is 75.9 Å². The largest absolute Gasteiger partial charge is 0.352 e. The van der Waals surface area contributed by atoms with Gasteiger partial charge in [0, 0.05) is 6.04 Å². The summed E-state index contributed by atoms with van der Waals surface area (Å²) in [5.74, 6) is 0.575. The number of hydrogen-bond acceptors (Lipinski definition) is 5. The number of aromatic nitrogens is 4. The third-order valence-corrected chi connectivity index (χ3v) is 6.10. The number of anilines is 1. The number of rotatable bonds is 5. The summed E-state index contributed by atoms with van der Waals surface area (Å²) >= 11 is 0. The third kappa shape index (κ3) is 3.95. The Balaban J connectivity index is 1.52. The Morgan fingerprint density at radius 1 is 1.06 bits per heavy atom. The van der Waals surface area contributed by atoms with Gasteiger partial charge in [0.05, 0.1) is 5.70 Å². The molecular weight excluding hydrogens is 388 g/mol. The monoisotopic (exact) mass is 414 g/mol. The van der Waals surface area contributed by atoms with Crippen LogP contribution in [-0.4, -0.2) is 38.7 Å². The van der Waals surface area contributed by atoms with E-state index in [0.717, 1.165) is 29.7 Å². The summed E-state index contributed by atoms with van der Waals surface area (Å²) in [6.07, 6.45) is 6.62. The van der Waals surface area contributed by atoms with Crippen LogP contribution in [0.4, 0.5) is 5.95 Å². The molecule has 158 valence electrons. The predicted molar refractivity (Wildman–Crippen MR) is 119 cm³/mol. The molecule has 1 aromatic heterocycles. The molecule has 1 saturated carbocycles. The molecule has 2 aromatic carbocycles. The molecule has 1 aliphatic heterocycles. The molecule has 0 spiro atoms. The molecule has 7 heteroatoms. The highest BCUT2D eigenvalue weighted by molar-refractivity contribution is 5.89. The van der Waals surface area contributed by atoms with Crippen molar-refractivity contribution in [2.75, 3.05) is 11.4 Å². The van der Waals surface area contributed by atoms with Crippen molar-refractivity contribution in [1.29, 1.82) is 0 Å². The normalized spacial score (nSPS) is 18.5. The summed E-state index contributed by atoms with van der Waals surface area (Å²) in [6, 6.07) is 18.6. The maximum Gasteiger partial charge on any atom is 0.251 e. The van der Waals surface area contributed by atoms with Gasteiger partial charge in [0.1, 0.15) is 12.6 Å². The van der Waals surface area contributed by atoms with Crippen molar-refractivity contribution in [3.05, 3.63) is 77.4 Å². The van der Waals surface area contributed by atoms with E-state index < -0.39 is 0 Å². The van der Waals surface area contributed by atoms with Crippen molar-refractivity contribution in [3.8, 4) is 0 Å². The number of carbonyl (C=O) groups is 1. The van der Waals surface area contributed by atoms with Crippen molar-refractivity contribution in [2.24, 2.45) is 0 Å². The second kappa shape index (κ2) is 8.34. The van der Waals surface area contributed by atoms with Crippen molar-refractivity contribution in [2.45, 2.75) is 44.7 Å². The molecule has 2 aliphatic rings. The lowest BCUT2D eigenvalue weighted by atomic mass is 10.00. The number of fused-ring (bicyclic) bond motifs is 1. The molecule has 1 aliphatic carbocycles. The molecule has 1 amide bonds. The van der Waals surface area contributed by atoms with Crippen LogP contribution in [0, 0.1) is 6.92 Å². The molecule has 1 atom stereocenters. The van der Waals surface area contributed by atoms with Crippen LogP contribution in [0.2, 0.25) is 0 Å². The Labute approximate surface area is 181 Å². The van der Waals surface area contributed by atoms with E-state index in [9.17, 15) is 4.79 Å². The highest BCUT2D eigenvalue weighted by Crippen LogP contribution is 2.36. The van der Waals surface area contributed by atoms with Gasteiger partial charge in [-0.25, -0.2) is 0 Å². The van der Waals surface area contributed by atoms with Crippen molar-refractivity contribution in [3.63, 3.8) is 0 Å². The molecule has 0 radical (unpaired) electrons. The maximum atomic E-state index is 12.9. The van der Waals surface area contributed by atoms with E-state index in [1.54, 1.807) is 4.68 Å². The quantitative estimate of drug-likeness (QED) is 0.692. The molecule has 1 fully saturated rings. The molecule has 1 unspecified atom stereocenters. The number of amides is 1. The van der Waals surface area contributed by atoms with E-state index in [1.807, 2.05) is 23.1 Å². The van der Waals surface area contributed by atoms with Crippen LogP contribution in [0.5, 0.6) is 0 Å². The number of tetrazole rings is 1. The zero-order valence-corrected chi connectivity index (χ0v) is 17.6. The van der Waals surface area contributed by atoms with E-state index in [2.05, 4.69) is 70.2 Å². The Morgan fingerprint density at radius 3 is 2.55 bits per heavy atom. The highest BCUT2D eigenvalue weighted by Gasteiger charge is 2.32. The van der Waals surface area contributed by atoms with Crippen molar-refractivity contribution < 1.29 is 4.79 Å². The predicted octanol–water partition coefficient (Wildman–Crippen LogP) is 3.49. The molecular formula is C24H26N6O. The van der Waals surface area contributed by atoms with Crippen LogP contribution < -0.4 is 10.2 Å². The van der Waals surface area contributed by atoms with Crippen molar-refractivity contribution >= 4 is 17.6 Å². The van der Waals surface area contributed by atoms with Gasteiger partial charge in [-0.3, -0.25) is 9.69 Å². The molecule has 0 bridgehead atoms. The average Bonchev–Trinajstić information content (AvgIpc) is 3.47. The third-order valence-electron chi connectivity index (χ3n) is 6.10. The van der Waals surface area contributed by atoms with E-state index in [4.69, 9.17) is 0 Å². The van der Waals surface area contributed by atoms with Gasteiger partial charge in [-0.1, -0.05) is 78.1 Å². The number of hydrogen-bond donors (Lipinski definition) is 1. The Morgan fingerprint density at radius 2 is 1.81 bits per heavy atom. The number of benzene rings is 2. The number of allylic oxidation sites excluding steroid dienone is 1. The Bertz CT molecular complexity index is 1080. The fourth-order valence-corrected chi connectivity index (χ4v) is 4.47. The van der Waals surface area contributed by atoms with Gasteiger partial charge in [-0.2, -0.15) is 4.68 Å². The second-order valence-electron chi connectivity index (χ2n) is 8.33. The van der Waals surface area contributed by atoms with Crippen LogP contribution >= 0.6 is 0 Å². The van der Waals surface area contributed by atoms with Crippen LogP contribution in [0.25, 0.3) is 5.70 Å². The van der Waals surface area contributed by atoms with Gasteiger partial charge in [0.25, 0.3) is 5.95 Å². The van der Waals surface area contributed by atoms with Gasteiger partial charge < -0.3 is 5.32 Å². The lowest BCUT2D eigenvalue weighted by Crippen LogP contribution is -2.42. The highest BCUT2D eigenvalue weighted by atomic mass is 16.2. The summed E-state index contributed by atoms with van der Waals surface area (Å²) in [4.78, 5) is 14.8. The second-order valence-corrected chi connectivity index (χ2v) is 8.33. The van der Waals surface area contributed by atoms with Crippen LogP contribution in [0.3, 0.4) is 0 Å². The minimum absolute atomic E-state index is 0.00272. The minimum Gasteiger partial charge on any atom is -0.352 e. The average molecular weight is 415 g/mol. The minimum atomic E-state index is -0.144. The van der Waals surface area contributed by atoms with Crippen LogP contribution in [0.1, 0.15) is 48.4 Å². The molecule has 0 saturated heterocycles. The van der Waals surface area contributed by atoms with E-state index in [-0.39, 0.29) is 24.5 Å². The molecule has 5 rings (SSSR count). The summed E-state index contributed by atoms with van der Waals surface area (Å²) < 4.78 is 1.79. The first-order chi connectivity index (χ1) is 15.2. The van der Waals surface area contributed by atoms with Crippen LogP contribution in [-0.2, 0) is 4.79 Å². The standard InChI is InChI=1S/C24H26N6O/c1-17-11-13-19(14-12-17)22-15-21(18-7-3-2-4-8-18)29(24-26-27-28-30(22)24)16-23(31)25-20-9-5-6-10-20/h2-4,7-8,11-15,20,22H,5-6,9-10,16H2,1H3,(H,25,31). The van der Waals surface area contributed by atoms with E-state index in [0.29, 0.717) is 5.95 Å². The zero-order valence-electron chi connectivity index (χ0n) is 17.6. The van der Waals surface area contributed by atoms with Gasteiger partial charge in [-0.15, -0.1) is 0 Å². The van der Waals surface area contributed by atoms with Crippen LogP contribution in [0.15, 0.2) is 60.7 Å². The van der Waals surface area contributed by atoms with Gasteiger partial charge in [0.2, 0.25) is 5.91 Å². The van der Waals surface area contributed by atoms with E-state index >= 15 is 0 Å². The maximum absolute atomic E-state index is 12.9. The zero-order chi connectivity index (χ0) is 21.2. The number of nitrogens with one attached hydrogen (secondary N) is 1. The first-order valence-corrected chi connectivity index (χ1v) is 10.9. The van der Waals surface area contributed by atoms with Gasteiger partial charge in [0.15, 0.2) is 0 Å². The fraction of sp³-hybridized carbons (Fsp3) is 0.333. The Kier molecular flexibility index (Phi) is 5.24. The first-order valence-electron chi connectivity index (χ1n) is 10.9. The number of carbonyl (C=O) groups excluding carboxylic acids is 1.